The fraction of sp³-hybridized carbons (Fsp3) is 0.190. The summed E-state index contributed by atoms with van der Waals surface area (Å²) >= 11 is 0. The zero-order valence-corrected chi connectivity index (χ0v) is 14.6. The van der Waals surface area contributed by atoms with E-state index in [1.807, 2.05) is 37.3 Å². The molecule has 3 aromatic rings. The molecule has 2 nitrogen and oxygen atoms in total. The first-order valence-corrected chi connectivity index (χ1v) is 8.45. The van der Waals surface area contributed by atoms with Crippen LogP contribution in [0.2, 0.25) is 0 Å². The number of benzene rings is 2. The van der Waals surface area contributed by atoms with Crippen LogP contribution in [0.15, 0.2) is 66.9 Å². The Labute approximate surface area is 154 Å². The lowest BCUT2D eigenvalue weighted by molar-refractivity contribution is -0.137. The SMILES string of the molecule is C[C@@H](NCc1cnc(F)c(-c2ccc(C(F)(F)F)cc2)c1)c1ccccc1. The number of nitrogens with zero attached hydrogens (tertiary/aromatic N) is 1. The molecule has 2 aromatic carbocycles. The van der Waals surface area contributed by atoms with E-state index in [1.165, 1.54) is 18.3 Å². The predicted molar refractivity (Wildman–Crippen MR) is 96.3 cm³/mol. The molecule has 3 rings (SSSR count). The second kappa shape index (κ2) is 7.88. The molecular formula is C21H18F4N2. The molecule has 0 amide bonds. The normalized spacial score (nSPS) is 12.8. The largest absolute Gasteiger partial charge is 0.416 e. The third-order valence-electron chi connectivity index (χ3n) is 4.33. The zero-order chi connectivity index (χ0) is 19.4. The van der Waals surface area contributed by atoms with Crippen LogP contribution >= 0.6 is 0 Å². The highest BCUT2D eigenvalue weighted by Crippen LogP contribution is 2.31. The molecule has 0 spiro atoms. The van der Waals surface area contributed by atoms with Crippen LogP contribution in [-0.2, 0) is 12.7 Å². The highest BCUT2D eigenvalue weighted by atomic mass is 19.4. The van der Waals surface area contributed by atoms with Crippen LogP contribution in [0.3, 0.4) is 0 Å². The molecule has 0 aliphatic carbocycles. The van der Waals surface area contributed by atoms with Crippen molar-refractivity contribution in [3.63, 3.8) is 0 Å². The van der Waals surface area contributed by atoms with E-state index in [2.05, 4.69) is 10.3 Å². The van der Waals surface area contributed by atoms with Gasteiger partial charge in [0, 0.05) is 24.3 Å². The van der Waals surface area contributed by atoms with E-state index in [0.717, 1.165) is 23.3 Å². The van der Waals surface area contributed by atoms with Gasteiger partial charge in [0.25, 0.3) is 0 Å². The van der Waals surface area contributed by atoms with Gasteiger partial charge < -0.3 is 5.32 Å². The summed E-state index contributed by atoms with van der Waals surface area (Å²) in [6.45, 7) is 2.47. The molecule has 1 aromatic heterocycles. The van der Waals surface area contributed by atoms with Gasteiger partial charge in [-0.15, -0.1) is 0 Å². The van der Waals surface area contributed by atoms with Crippen molar-refractivity contribution >= 4 is 0 Å². The Balaban J connectivity index is 1.76. The zero-order valence-electron chi connectivity index (χ0n) is 14.6. The monoisotopic (exact) mass is 374 g/mol. The minimum atomic E-state index is -4.42. The summed E-state index contributed by atoms with van der Waals surface area (Å²) in [5.41, 5.74) is 1.63. The molecule has 0 unspecified atom stereocenters. The maximum absolute atomic E-state index is 14.1. The van der Waals surface area contributed by atoms with E-state index in [1.54, 1.807) is 6.07 Å². The first-order chi connectivity index (χ1) is 12.8. The molecule has 0 aliphatic rings. The van der Waals surface area contributed by atoms with Crippen molar-refractivity contribution in [3.05, 3.63) is 89.5 Å². The van der Waals surface area contributed by atoms with Crippen LogP contribution in [0.5, 0.6) is 0 Å². The van der Waals surface area contributed by atoms with Gasteiger partial charge in [0.05, 0.1) is 5.56 Å². The summed E-state index contributed by atoms with van der Waals surface area (Å²) in [5, 5.41) is 3.33. The van der Waals surface area contributed by atoms with Crippen molar-refractivity contribution in [2.45, 2.75) is 25.7 Å². The number of nitrogens with one attached hydrogen (secondary N) is 1. The van der Waals surface area contributed by atoms with Gasteiger partial charge in [-0.25, -0.2) is 4.98 Å². The summed E-state index contributed by atoms with van der Waals surface area (Å²) in [4.78, 5) is 3.75. The Hall–Kier alpha value is -2.73. The maximum atomic E-state index is 14.1. The topological polar surface area (TPSA) is 24.9 Å². The number of halogens is 4. The molecule has 1 heterocycles. The number of alkyl halides is 3. The molecule has 6 heteroatoms. The van der Waals surface area contributed by atoms with Gasteiger partial charge in [-0.05, 0) is 41.8 Å². The van der Waals surface area contributed by atoms with E-state index in [-0.39, 0.29) is 11.6 Å². The summed E-state index contributed by atoms with van der Waals surface area (Å²) in [5.74, 6) is -0.713. The number of hydrogen-bond acceptors (Lipinski definition) is 2. The van der Waals surface area contributed by atoms with Crippen LogP contribution in [-0.4, -0.2) is 4.98 Å². The second-order valence-corrected chi connectivity index (χ2v) is 6.27. The number of aromatic nitrogens is 1. The minimum Gasteiger partial charge on any atom is -0.306 e. The lowest BCUT2D eigenvalue weighted by atomic mass is 10.0. The highest BCUT2D eigenvalue weighted by Gasteiger charge is 2.30. The van der Waals surface area contributed by atoms with Crippen molar-refractivity contribution in [2.75, 3.05) is 0 Å². The Morgan fingerprint density at radius 2 is 1.67 bits per heavy atom. The number of pyridine rings is 1. The van der Waals surface area contributed by atoms with Crippen LogP contribution in [0, 0.1) is 5.95 Å². The van der Waals surface area contributed by atoms with Gasteiger partial charge >= 0.3 is 6.18 Å². The van der Waals surface area contributed by atoms with E-state index in [0.29, 0.717) is 12.1 Å². The minimum absolute atomic E-state index is 0.0887. The first kappa shape index (κ1) is 19.0. The van der Waals surface area contributed by atoms with Gasteiger partial charge in [0.15, 0.2) is 0 Å². The van der Waals surface area contributed by atoms with Crippen molar-refractivity contribution in [1.82, 2.24) is 10.3 Å². The molecule has 0 radical (unpaired) electrons. The van der Waals surface area contributed by atoms with E-state index >= 15 is 0 Å². The van der Waals surface area contributed by atoms with Gasteiger partial charge in [-0.1, -0.05) is 42.5 Å². The van der Waals surface area contributed by atoms with Crippen LogP contribution in [0.1, 0.15) is 29.7 Å². The Morgan fingerprint density at radius 1 is 1.00 bits per heavy atom. The average molecular weight is 374 g/mol. The van der Waals surface area contributed by atoms with E-state index in [9.17, 15) is 17.6 Å². The fourth-order valence-corrected chi connectivity index (χ4v) is 2.76. The molecule has 0 saturated heterocycles. The maximum Gasteiger partial charge on any atom is 0.416 e. The van der Waals surface area contributed by atoms with Crippen molar-refractivity contribution < 1.29 is 17.6 Å². The van der Waals surface area contributed by atoms with Crippen LogP contribution in [0.4, 0.5) is 17.6 Å². The fourth-order valence-electron chi connectivity index (χ4n) is 2.76. The molecular weight excluding hydrogens is 356 g/mol. The quantitative estimate of drug-likeness (QED) is 0.454. The highest BCUT2D eigenvalue weighted by molar-refractivity contribution is 5.64. The third kappa shape index (κ3) is 4.71. The van der Waals surface area contributed by atoms with Gasteiger partial charge in [0.1, 0.15) is 0 Å². The van der Waals surface area contributed by atoms with Crippen LogP contribution in [0.25, 0.3) is 11.1 Å². The molecule has 1 N–H and O–H groups in total. The molecule has 0 saturated carbocycles. The van der Waals surface area contributed by atoms with Crippen molar-refractivity contribution in [3.8, 4) is 11.1 Å². The molecule has 27 heavy (non-hydrogen) atoms. The van der Waals surface area contributed by atoms with Crippen molar-refractivity contribution in [2.24, 2.45) is 0 Å². The van der Waals surface area contributed by atoms with E-state index in [4.69, 9.17) is 0 Å². The lowest BCUT2D eigenvalue weighted by Gasteiger charge is -2.15. The Bertz CT molecular complexity index is 890. The third-order valence-corrected chi connectivity index (χ3v) is 4.33. The number of hydrogen-bond donors (Lipinski definition) is 1. The Kier molecular flexibility index (Phi) is 5.56. The summed E-state index contributed by atoms with van der Waals surface area (Å²) in [6, 6.07) is 16.0. The van der Waals surface area contributed by atoms with Gasteiger partial charge in [-0.3, -0.25) is 0 Å². The molecule has 0 fully saturated rings. The van der Waals surface area contributed by atoms with Crippen molar-refractivity contribution in [1.29, 1.82) is 0 Å². The second-order valence-electron chi connectivity index (χ2n) is 6.27. The summed E-state index contributed by atoms with van der Waals surface area (Å²) in [7, 11) is 0. The molecule has 1 atom stereocenters. The lowest BCUT2D eigenvalue weighted by Crippen LogP contribution is -2.18. The molecule has 0 bridgehead atoms. The van der Waals surface area contributed by atoms with Gasteiger partial charge in [-0.2, -0.15) is 17.6 Å². The van der Waals surface area contributed by atoms with Gasteiger partial charge in [0.2, 0.25) is 5.95 Å². The van der Waals surface area contributed by atoms with Crippen LogP contribution < -0.4 is 5.32 Å². The number of rotatable bonds is 5. The Morgan fingerprint density at radius 3 is 2.30 bits per heavy atom. The predicted octanol–water partition coefficient (Wildman–Crippen LogP) is 5.76. The van der Waals surface area contributed by atoms with E-state index < -0.39 is 17.7 Å². The smallest absolute Gasteiger partial charge is 0.306 e. The summed E-state index contributed by atoms with van der Waals surface area (Å²) < 4.78 is 52.2. The standard InChI is InChI=1S/C21H18F4N2/c1-14(16-5-3-2-4-6-16)26-12-15-11-19(20(22)27-13-15)17-7-9-18(10-8-17)21(23,24)25/h2-11,13-14,26H,12H2,1H3/t14-/m1/s1. The molecule has 140 valence electrons. The first-order valence-electron chi connectivity index (χ1n) is 8.45. The summed E-state index contributed by atoms with van der Waals surface area (Å²) in [6.07, 6.45) is -3.00. The average Bonchev–Trinajstić information content (AvgIpc) is 2.67. The molecule has 0 aliphatic heterocycles.